The average Bonchev–Trinajstić information content (AvgIpc) is 2.46. The van der Waals surface area contributed by atoms with Crippen molar-refractivity contribution >= 4 is 23.1 Å². The molecule has 5 heteroatoms. The van der Waals surface area contributed by atoms with E-state index in [0.29, 0.717) is 17.6 Å². The lowest BCUT2D eigenvalue weighted by Crippen LogP contribution is -2.39. The molecule has 0 unspecified atom stereocenters. The summed E-state index contributed by atoms with van der Waals surface area (Å²) in [5, 5.41) is 6.93. The van der Waals surface area contributed by atoms with Gasteiger partial charge in [0, 0.05) is 24.6 Å². The van der Waals surface area contributed by atoms with E-state index in [1.807, 2.05) is 26.0 Å². The molecule has 2 N–H and O–H groups in total. The highest BCUT2D eigenvalue weighted by Crippen LogP contribution is 2.13. The summed E-state index contributed by atoms with van der Waals surface area (Å²) in [6.07, 6.45) is 2.32. The number of hydrogen-bond donors (Lipinski definition) is 2. The Balaban J connectivity index is 2.20. The lowest BCUT2D eigenvalue weighted by atomic mass is 10.1. The highest BCUT2D eigenvalue weighted by molar-refractivity contribution is 7.80. The fourth-order valence-corrected chi connectivity index (χ4v) is 2.18. The number of benzene rings is 1. The van der Waals surface area contributed by atoms with Gasteiger partial charge in [-0.2, -0.15) is 0 Å². The summed E-state index contributed by atoms with van der Waals surface area (Å²) in [6, 6.07) is 7.57. The molecule has 116 valence electrons. The van der Waals surface area contributed by atoms with Crippen LogP contribution in [0.2, 0.25) is 0 Å². The summed E-state index contributed by atoms with van der Waals surface area (Å²) in [4.78, 5) is 12.0. The first-order valence-corrected chi connectivity index (χ1v) is 7.65. The second-order valence-electron chi connectivity index (χ2n) is 5.16. The Morgan fingerprint density at radius 3 is 2.48 bits per heavy atom. The second-order valence-corrected chi connectivity index (χ2v) is 5.57. The highest BCUT2D eigenvalue weighted by atomic mass is 32.1. The van der Waals surface area contributed by atoms with E-state index in [1.165, 1.54) is 0 Å². The molecule has 1 aromatic rings. The minimum Gasteiger partial charge on any atom is -0.497 e. The van der Waals surface area contributed by atoms with Crippen molar-refractivity contribution in [2.24, 2.45) is 0 Å². The van der Waals surface area contributed by atoms with Gasteiger partial charge in [-0.1, -0.05) is 0 Å². The summed E-state index contributed by atoms with van der Waals surface area (Å²) < 4.78 is 5.07. The van der Waals surface area contributed by atoms with Crippen LogP contribution < -0.4 is 15.4 Å². The summed E-state index contributed by atoms with van der Waals surface area (Å²) >= 11 is 5.13. The van der Waals surface area contributed by atoms with Crippen LogP contribution >= 0.6 is 12.2 Å². The molecule has 0 spiro atoms. The van der Waals surface area contributed by atoms with Crippen LogP contribution in [-0.2, 0) is 0 Å². The largest absolute Gasteiger partial charge is 0.497 e. The van der Waals surface area contributed by atoms with Crippen molar-refractivity contribution in [1.82, 2.24) is 10.6 Å². The quantitative estimate of drug-likeness (QED) is 0.439. The maximum absolute atomic E-state index is 12.0. The monoisotopic (exact) mass is 308 g/mol. The number of ketones is 1. The van der Waals surface area contributed by atoms with Gasteiger partial charge in [0.15, 0.2) is 10.9 Å². The molecule has 0 atom stereocenters. The minimum absolute atomic E-state index is 0.167. The SMILES string of the molecule is COc1ccc(C(=O)CCCCNC(=S)NC(C)C)cc1. The van der Waals surface area contributed by atoms with E-state index in [-0.39, 0.29) is 5.78 Å². The molecular formula is C16H24N2O2S. The van der Waals surface area contributed by atoms with E-state index in [4.69, 9.17) is 17.0 Å². The van der Waals surface area contributed by atoms with Gasteiger partial charge in [-0.15, -0.1) is 0 Å². The Morgan fingerprint density at radius 2 is 1.90 bits per heavy atom. The molecule has 0 amide bonds. The summed E-state index contributed by atoms with van der Waals surface area (Å²) in [7, 11) is 1.61. The van der Waals surface area contributed by atoms with Crippen molar-refractivity contribution in [1.29, 1.82) is 0 Å². The van der Waals surface area contributed by atoms with Gasteiger partial charge in [-0.25, -0.2) is 0 Å². The fraction of sp³-hybridized carbons (Fsp3) is 0.500. The van der Waals surface area contributed by atoms with Crippen LogP contribution in [0.3, 0.4) is 0 Å². The van der Waals surface area contributed by atoms with Crippen molar-refractivity contribution in [2.45, 2.75) is 39.2 Å². The minimum atomic E-state index is 0.167. The number of ether oxygens (including phenoxy) is 1. The van der Waals surface area contributed by atoms with E-state index in [9.17, 15) is 4.79 Å². The molecule has 4 nitrogen and oxygen atoms in total. The van der Waals surface area contributed by atoms with Crippen molar-refractivity contribution in [3.05, 3.63) is 29.8 Å². The van der Waals surface area contributed by atoms with Gasteiger partial charge in [-0.3, -0.25) is 4.79 Å². The zero-order valence-corrected chi connectivity index (χ0v) is 13.8. The molecule has 0 aliphatic heterocycles. The van der Waals surface area contributed by atoms with Gasteiger partial charge in [0.2, 0.25) is 0 Å². The van der Waals surface area contributed by atoms with E-state index in [1.54, 1.807) is 19.2 Å². The number of Topliss-reactive ketones (excluding diaryl/α,β-unsaturated/α-hetero) is 1. The molecule has 0 saturated heterocycles. The van der Waals surface area contributed by atoms with Crippen LogP contribution in [0.5, 0.6) is 5.75 Å². The van der Waals surface area contributed by atoms with Crippen LogP contribution in [0.15, 0.2) is 24.3 Å². The third-order valence-corrected chi connectivity index (χ3v) is 3.21. The third kappa shape index (κ3) is 7.09. The number of carbonyl (C=O) groups excluding carboxylic acids is 1. The standard InChI is InChI=1S/C16H24N2O2S/c1-12(2)18-16(21)17-11-5-4-6-15(19)13-7-9-14(20-3)10-8-13/h7-10,12H,4-6,11H2,1-3H3,(H2,17,18,21). The van der Waals surface area contributed by atoms with Crippen LogP contribution in [0.4, 0.5) is 0 Å². The van der Waals surface area contributed by atoms with Crippen LogP contribution in [0.1, 0.15) is 43.5 Å². The van der Waals surface area contributed by atoms with Crippen molar-refractivity contribution in [3.8, 4) is 5.75 Å². The molecule has 0 aliphatic carbocycles. The molecule has 0 fully saturated rings. The van der Waals surface area contributed by atoms with E-state index in [2.05, 4.69) is 10.6 Å². The number of thiocarbonyl (C=S) groups is 1. The third-order valence-electron chi connectivity index (χ3n) is 2.95. The second kappa shape index (κ2) is 9.34. The van der Waals surface area contributed by atoms with Gasteiger partial charge in [0.05, 0.1) is 7.11 Å². The molecule has 0 saturated carbocycles. The lowest BCUT2D eigenvalue weighted by Gasteiger charge is -2.12. The topological polar surface area (TPSA) is 50.4 Å². The Morgan fingerprint density at radius 1 is 1.24 bits per heavy atom. The first-order valence-electron chi connectivity index (χ1n) is 7.24. The maximum atomic E-state index is 12.0. The normalized spacial score (nSPS) is 10.3. The number of carbonyl (C=O) groups is 1. The van der Waals surface area contributed by atoms with Gasteiger partial charge in [0.1, 0.15) is 5.75 Å². The predicted molar refractivity (Wildman–Crippen MR) is 90.0 cm³/mol. The number of methoxy groups -OCH3 is 1. The van der Waals surface area contributed by atoms with Gasteiger partial charge < -0.3 is 15.4 Å². The summed E-state index contributed by atoms with van der Waals surface area (Å²) in [5.41, 5.74) is 0.737. The van der Waals surface area contributed by atoms with E-state index in [0.717, 1.165) is 30.7 Å². The molecular weight excluding hydrogens is 284 g/mol. The van der Waals surface area contributed by atoms with Gasteiger partial charge >= 0.3 is 0 Å². The Hall–Kier alpha value is -1.62. The first kappa shape index (κ1) is 17.4. The molecule has 0 heterocycles. The molecule has 0 aromatic heterocycles. The number of rotatable bonds is 8. The predicted octanol–water partition coefficient (Wildman–Crippen LogP) is 2.92. The van der Waals surface area contributed by atoms with Gasteiger partial charge in [0.25, 0.3) is 0 Å². The molecule has 1 aromatic carbocycles. The summed E-state index contributed by atoms with van der Waals surface area (Å²) in [6.45, 7) is 4.87. The van der Waals surface area contributed by atoms with Crippen molar-refractivity contribution < 1.29 is 9.53 Å². The smallest absolute Gasteiger partial charge is 0.166 e. The average molecular weight is 308 g/mol. The molecule has 21 heavy (non-hydrogen) atoms. The highest BCUT2D eigenvalue weighted by Gasteiger charge is 2.05. The zero-order chi connectivity index (χ0) is 15.7. The first-order chi connectivity index (χ1) is 10.0. The zero-order valence-electron chi connectivity index (χ0n) is 12.9. The van der Waals surface area contributed by atoms with Crippen molar-refractivity contribution in [2.75, 3.05) is 13.7 Å². The lowest BCUT2D eigenvalue weighted by molar-refractivity contribution is 0.0979. The van der Waals surface area contributed by atoms with Gasteiger partial charge in [-0.05, 0) is 63.2 Å². The summed E-state index contributed by atoms with van der Waals surface area (Å²) in [5.74, 6) is 0.933. The number of hydrogen-bond acceptors (Lipinski definition) is 3. The molecule has 1 rings (SSSR count). The van der Waals surface area contributed by atoms with Crippen LogP contribution in [0.25, 0.3) is 0 Å². The Labute approximate surface area is 132 Å². The van der Waals surface area contributed by atoms with Crippen LogP contribution in [0, 0.1) is 0 Å². The van der Waals surface area contributed by atoms with E-state index >= 15 is 0 Å². The number of unbranched alkanes of at least 4 members (excludes halogenated alkanes) is 1. The maximum Gasteiger partial charge on any atom is 0.166 e. The Kier molecular flexibility index (Phi) is 7.75. The number of nitrogens with one attached hydrogen (secondary N) is 2. The Bertz CT molecular complexity index is 458. The molecule has 0 aliphatic rings. The van der Waals surface area contributed by atoms with Crippen LogP contribution in [-0.4, -0.2) is 30.6 Å². The van der Waals surface area contributed by atoms with E-state index < -0.39 is 0 Å². The molecule has 0 radical (unpaired) electrons. The molecule has 0 bridgehead atoms. The van der Waals surface area contributed by atoms with Crippen molar-refractivity contribution in [3.63, 3.8) is 0 Å². The fourth-order valence-electron chi connectivity index (χ4n) is 1.85.